The molecule has 0 radical (unpaired) electrons. The van der Waals surface area contributed by atoms with E-state index in [9.17, 15) is 5.11 Å². The van der Waals surface area contributed by atoms with E-state index in [1.54, 1.807) is 0 Å². The summed E-state index contributed by atoms with van der Waals surface area (Å²) in [7, 11) is 0. The molecule has 0 fully saturated rings. The van der Waals surface area contributed by atoms with E-state index in [1.165, 1.54) is 5.69 Å². The fourth-order valence-electron chi connectivity index (χ4n) is 2.82. The van der Waals surface area contributed by atoms with Crippen molar-refractivity contribution < 1.29 is 5.11 Å². The van der Waals surface area contributed by atoms with Crippen LogP contribution in [0, 0.1) is 0 Å². The summed E-state index contributed by atoms with van der Waals surface area (Å²) >= 11 is 0. The van der Waals surface area contributed by atoms with Crippen LogP contribution in [0.25, 0.3) is 0 Å². The molecular formula is C18H32N2O. The van der Waals surface area contributed by atoms with Gasteiger partial charge >= 0.3 is 0 Å². The average molecular weight is 292 g/mol. The third kappa shape index (κ3) is 5.01. The van der Waals surface area contributed by atoms with Crippen LogP contribution in [0.2, 0.25) is 0 Å². The highest BCUT2D eigenvalue weighted by Crippen LogP contribution is 2.21. The Balaban J connectivity index is 2.77. The van der Waals surface area contributed by atoms with Gasteiger partial charge in [-0.05, 0) is 59.2 Å². The molecule has 0 heterocycles. The maximum Gasteiger partial charge on any atom is 0.0917 e. The van der Waals surface area contributed by atoms with Gasteiger partial charge in [-0.2, -0.15) is 0 Å². The Labute approximate surface area is 130 Å². The lowest BCUT2D eigenvalue weighted by Gasteiger charge is -2.32. The van der Waals surface area contributed by atoms with Gasteiger partial charge in [-0.1, -0.05) is 12.1 Å². The molecule has 0 spiro atoms. The number of rotatable bonds is 8. The van der Waals surface area contributed by atoms with Gasteiger partial charge in [0, 0.05) is 37.4 Å². The van der Waals surface area contributed by atoms with E-state index in [2.05, 4.69) is 75.6 Å². The first-order valence-corrected chi connectivity index (χ1v) is 8.19. The summed E-state index contributed by atoms with van der Waals surface area (Å²) in [5.41, 5.74) is 2.22. The monoisotopic (exact) mass is 292 g/mol. The van der Waals surface area contributed by atoms with Crippen LogP contribution in [0.15, 0.2) is 24.3 Å². The van der Waals surface area contributed by atoms with Gasteiger partial charge in [0.15, 0.2) is 0 Å². The van der Waals surface area contributed by atoms with Crippen LogP contribution < -0.4 is 4.90 Å². The van der Waals surface area contributed by atoms with E-state index in [0.29, 0.717) is 18.6 Å². The molecule has 21 heavy (non-hydrogen) atoms. The summed E-state index contributed by atoms with van der Waals surface area (Å²) in [6.07, 6.45) is -0.430. The standard InChI is InChI=1S/C18H32N2O/c1-7-19(8-2)17-11-9-16(10-12-17)18(21)13-20(14(3)4)15(5)6/h9-12,14-15,18,21H,7-8,13H2,1-6H3. The molecule has 1 rings (SSSR count). The molecular weight excluding hydrogens is 260 g/mol. The number of hydrogen-bond donors (Lipinski definition) is 1. The zero-order valence-corrected chi connectivity index (χ0v) is 14.5. The van der Waals surface area contributed by atoms with Crippen molar-refractivity contribution in [2.24, 2.45) is 0 Å². The third-order valence-corrected chi connectivity index (χ3v) is 4.12. The Morgan fingerprint density at radius 2 is 1.38 bits per heavy atom. The maximum absolute atomic E-state index is 10.5. The molecule has 3 heteroatoms. The van der Waals surface area contributed by atoms with Crippen molar-refractivity contribution in [1.29, 1.82) is 0 Å². The third-order valence-electron chi connectivity index (χ3n) is 4.12. The normalized spacial score (nSPS) is 13.2. The molecule has 0 bridgehead atoms. The highest BCUT2D eigenvalue weighted by Gasteiger charge is 2.18. The lowest BCUT2D eigenvalue weighted by atomic mass is 10.1. The van der Waals surface area contributed by atoms with Crippen LogP contribution in [0.3, 0.4) is 0 Å². The smallest absolute Gasteiger partial charge is 0.0917 e. The van der Waals surface area contributed by atoms with Crippen LogP contribution >= 0.6 is 0 Å². The Hall–Kier alpha value is -1.06. The zero-order chi connectivity index (χ0) is 16.0. The number of hydrogen-bond acceptors (Lipinski definition) is 3. The molecule has 0 aliphatic rings. The second-order valence-corrected chi connectivity index (χ2v) is 6.16. The van der Waals surface area contributed by atoms with Crippen molar-refractivity contribution in [2.75, 3.05) is 24.5 Å². The average Bonchev–Trinajstić information content (AvgIpc) is 2.45. The summed E-state index contributed by atoms with van der Waals surface area (Å²) in [6, 6.07) is 9.21. The van der Waals surface area contributed by atoms with Crippen LogP contribution in [0.1, 0.15) is 53.2 Å². The second kappa shape index (κ2) is 8.40. The van der Waals surface area contributed by atoms with E-state index in [0.717, 1.165) is 18.7 Å². The lowest BCUT2D eigenvalue weighted by molar-refractivity contribution is 0.0756. The molecule has 0 saturated heterocycles. The minimum Gasteiger partial charge on any atom is -0.387 e. The molecule has 0 aromatic heterocycles. The Bertz CT molecular complexity index is 388. The van der Waals surface area contributed by atoms with Gasteiger partial charge in [-0.15, -0.1) is 0 Å². The summed E-state index contributed by atoms with van der Waals surface area (Å²) < 4.78 is 0. The first kappa shape index (κ1) is 18.0. The number of aliphatic hydroxyl groups excluding tert-OH is 1. The molecule has 1 unspecified atom stereocenters. The van der Waals surface area contributed by atoms with Gasteiger partial charge in [0.2, 0.25) is 0 Å². The summed E-state index contributed by atoms with van der Waals surface area (Å²) in [4.78, 5) is 4.63. The molecule has 0 amide bonds. The fraction of sp³-hybridized carbons (Fsp3) is 0.667. The molecule has 1 atom stereocenters. The van der Waals surface area contributed by atoms with E-state index in [-0.39, 0.29) is 0 Å². The van der Waals surface area contributed by atoms with Crippen LogP contribution in [-0.2, 0) is 0 Å². The molecule has 0 aliphatic heterocycles. The Kier molecular flexibility index (Phi) is 7.20. The topological polar surface area (TPSA) is 26.7 Å². The summed E-state index contributed by atoms with van der Waals surface area (Å²) in [6.45, 7) is 15.7. The quantitative estimate of drug-likeness (QED) is 0.791. The largest absolute Gasteiger partial charge is 0.387 e. The number of anilines is 1. The van der Waals surface area contributed by atoms with Gasteiger partial charge in [0.1, 0.15) is 0 Å². The molecule has 0 saturated carbocycles. The molecule has 3 nitrogen and oxygen atoms in total. The predicted octanol–water partition coefficient (Wildman–Crippen LogP) is 3.69. The minimum absolute atomic E-state index is 0.430. The van der Waals surface area contributed by atoms with Gasteiger partial charge < -0.3 is 10.0 Å². The zero-order valence-electron chi connectivity index (χ0n) is 14.5. The lowest BCUT2D eigenvalue weighted by Crippen LogP contribution is -2.39. The van der Waals surface area contributed by atoms with E-state index < -0.39 is 6.10 Å². The van der Waals surface area contributed by atoms with Crippen LogP contribution in [0.4, 0.5) is 5.69 Å². The molecule has 120 valence electrons. The molecule has 1 aromatic carbocycles. The highest BCUT2D eigenvalue weighted by molar-refractivity contribution is 5.47. The van der Waals surface area contributed by atoms with Crippen molar-refractivity contribution in [3.05, 3.63) is 29.8 Å². The minimum atomic E-state index is -0.430. The van der Waals surface area contributed by atoms with E-state index >= 15 is 0 Å². The summed E-state index contributed by atoms with van der Waals surface area (Å²) in [5, 5.41) is 10.5. The van der Waals surface area contributed by atoms with Crippen LogP contribution in [0.5, 0.6) is 0 Å². The molecule has 1 aromatic rings. The second-order valence-electron chi connectivity index (χ2n) is 6.16. The highest BCUT2D eigenvalue weighted by atomic mass is 16.3. The van der Waals surface area contributed by atoms with Crippen molar-refractivity contribution in [3.63, 3.8) is 0 Å². The molecule has 1 N–H and O–H groups in total. The van der Waals surface area contributed by atoms with Crippen molar-refractivity contribution in [1.82, 2.24) is 4.90 Å². The first-order chi connectivity index (χ1) is 9.90. The number of aliphatic hydroxyl groups is 1. The Morgan fingerprint density at radius 3 is 1.76 bits per heavy atom. The Morgan fingerprint density at radius 1 is 0.905 bits per heavy atom. The van der Waals surface area contributed by atoms with Gasteiger partial charge in [0.05, 0.1) is 6.10 Å². The summed E-state index contributed by atoms with van der Waals surface area (Å²) in [5.74, 6) is 0. The van der Waals surface area contributed by atoms with Gasteiger partial charge in [-0.3, -0.25) is 4.90 Å². The van der Waals surface area contributed by atoms with Crippen molar-refractivity contribution >= 4 is 5.69 Å². The van der Waals surface area contributed by atoms with Crippen molar-refractivity contribution in [3.8, 4) is 0 Å². The van der Waals surface area contributed by atoms with E-state index in [4.69, 9.17) is 0 Å². The first-order valence-electron chi connectivity index (χ1n) is 8.19. The van der Waals surface area contributed by atoms with Gasteiger partial charge in [-0.25, -0.2) is 0 Å². The van der Waals surface area contributed by atoms with E-state index in [1.807, 2.05) is 0 Å². The number of benzene rings is 1. The SMILES string of the molecule is CCN(CC)c1ccc(C(O)CN(C(C)C)C(C)C)cc1. The van der Waals surface area contributed by atoms with Crippen LogP contribution in [-0.4, -0.2) is 41.7 Å². The van der Waals surface area contributed by atoms with Gasteiger partial charge in [0.25, 0.3) is 0 Å². The fourth-order valence-corrected chi connectivity index (χ4v) is 2.82. The number of nitrogens with zero attached hydrogens (tertiary/aromatic N) is 2. The maximum atomic E-state index is 10.5. The predicted molar refractivity (Wildman–Crippen MR) is 91.9 cm³/mol. The van der Waals surface area contributed by atoms with Crippen molar-refractivity contribution in [2.45, 2.75) is 59.7 Å². The molecule has 0 aliphatic carbocycles.